The molecule has 3 aromatic rings. The van der Waals surface area contributed by atoms with Crippen LogP contribution in [0.15, 0.2) is 47.8 Å². The van der Waals surface area contributed by atoms with Crippen molar-refractivity contribution in [2.24, 2.45) is 0 Å². The Morgan fingerprint density at radius 1 is 1.12 bits per heavy atom. The van der Waals surface area contributed by atoms with Gasteiger partial charge < -0.3 is 5.32 Å². The number of amides is 1. The van der Waals surface area contributed by atoms with Crippen molar-refractivity contribution in [1.82, 2.24) is 10.3 Å². The molecule has 132 valence electrons. The molecule has 1 aromatic heterocycles. The minimum absolute atomic E-state index is 0.0225. The third-order valence-corrected chi connectivity index (χ3v) is 5.70. The van der Waals surface area contributed by atoms with Crippen LogP contribution in [0.25, 0.3) is 11.3 Å². The van der Waals surface area contributed by atoms with Crippen LogP contribution < -0.4 is 5.32 Å². The maximum absolute atomic E-state index is 12.4. The van der Waals surface area contributed by atoms with Gasteiger partial charge in [0.1, 0.15) is 0 Å². The van der Waals surface area contributed by atoms with Crippen molar-refractivity contribution in [3.05, 3.63) is 75.1 Å². The normalized spacial score (nSPS) is 12.8. The van der Waals surface area contributed by atoms with Crippen molar-refractivity contribution in [1.29, 1.82) is 0 Å². The maximum Gasteiger partial charge on any atom is 0.251 e. The first-order chi connectivity index (χ1) is 12.7. The topological polar surface area (TPSA) is 42.0 Å². The molecule has 1 aliphatic rings. The molecule has 2 aromatic carbocycles. The zero-order chi connectivity index (χ0) is 17.9. The zero-order valence-corrected chi connectivity index (χ0v) is 15.7. The van der Waals surface area contributed by atoms with E-state index in [0.717, 1.165) is 41.1 Å². The van der Waals surface area contributed by atoms with E-state index >= 15 is 0 Å². The quantitative estimate of drug-likeness (QED) is 0.722. The minimum atomic E-state index is 0.0225. The lowest BCUT2D eigenvalue weighted by Gasteiger charge is -2.08. The number of nitrogens with zero attached hydrogens (tertiary/aromatic N) is 1. The number of fused-ring (bicyclic) bond motifs is 1. The predicted molar refractivity (Wildman–Crippen MR) is 107 cm³/mol. The molecule has 0 fully saturated rings. The lowest BCUT2D eigenvalue weighted by Crippen LogP contribution is -2.25. The van der Waals surface area contributed by atoms with Gasteiger partial charge in [-0.1, -0.05) is 30.3 Å². The molecule has 0 saturated heterocycles. The van der Waals surface area contributed by atoms with Crippen LogP contribution in [0.4, 0.5) is 0 Å². The van der Waals surface area contributed by atoms with E-state index in [1.54, 1.807) is 11.3 Å². The molecule has 3 nitrogen and oxygen atoms in total. The van der Waals surface area contributed by atoms with Crippen LogP contribution >= 0.6 is 11.3 Å². The molecule has 1 heterocycles. The van der Waals surface area contributed by atoms with Crippen LogP contribution in [0.2, 0.25) is 0 Å². The fraction of sp³-hybridized carbons (Fsp3) is 0.273. The first-order valence-electron chi connectivity index (χ1n) is 9.10. The fourth-order valence-corrected chi connectivity index (χ4v) is 4.10. The fourth-order valence-electron chi connectivity index (χ4n) is 3.47. The second-order valence-corrected chi connectivity index (χ2v) is 7.85. The molecule has 0 unspecified atom stereocenters. The van der Waals surface area contributed by atoms with Gasteiger partial charge in [0.15, 0.2) is 0 Å². The number of carbonyl (C=O) groups excluding carboxylic acids is 1. The van der Waals surface area contributed by atoms with E-state index in [4.69, 9.17) is 0 Å². The SMILES string of the molecule is Cc1nc(-c2ccc(CCNC(=O)c3ccc4c(c3)CCC4)cc2)cs1. The van der Waals surface area contributed by atoms with E-state index in [2.05, 4.69) is 52.1 Å². The molecular weight excluding hydrogens is 340 g/mol. The van der Waals surface area contributed by atoms with Gasteiger partial charge in [0.25, 0.3) is 5.91 Å². The molecule has 1 amide bonds. The van der Waals surface area contributed by atoms with Crippen molar-refractivity contribution < 1.29 is 4.79 Å². The lowest BCUT2D eigenvalue weighted by molar-refractivity contribution is 0.0954. The van der Waals surface area contributed by atoms with E-state index in [0.29, 0.717) is 6.54 Å². The van der Waals surface area contributed by atoms with Crippen LogP contribution in [-0.2, 0) is 19.3 Å². The summed E-state index contributed by atoms with van der Waals surface area (Å²) in [7, 11) is 0. The molecule has 0 bridgehead atoms. The number of nitrogens with one attached hydrogen (secondary N) is 1. The molecule has 26 heavy (non-hydrogen) atoms. The average Bonchev–Trinajstić information content (AvgIpc) is 3.30. The van der Waals surface area contributed by atoms with E-state index in [1.165, 1.54) is 23.1 Å². The number of hydrogen-bond acceptors (Lipinski definition) is 3. The molecule has 1 N–H and O–H groups in total. The summed E-state index contributed by atoms with van der Waals surface area (Å²) in [4.78, 5) is 16.9. The second-order valence-electron chi connectivity index (χ2n) is 6.79. The van der Waals surface area contributed by atoms with Gasteiger partial charge in [0.05, 0.1) is 10.7 Å². The molecule has 0 aliphatic heterocycles. The van der Waals surface area contributed by atoms with Crippen molar-refractivity contribution in [2.45, 2.75) is 32.6 Å². The third kappa shape index (κ3) is 3.70. The average molecular weight is 362 g/mol. The summed E-state index contributed by atoms with van der Waals surface area (Å²) < 4.78 is 0. The van der Waals surface area contributed by atoms with Gasteiger partial charge in [0, 0.05) is 23.1 Å². The molecule has 0 atom stereocenters. The summed E-state index contributed by atoms with van der Waals surface area (Å²) >= 11 is 1.67. The molecule has 1 aliphatic carbocycles. The number of carbonyl (C=O) groups is 1. The smallest absolute Gasteiger partial charge is 0.251 e. The molecular formula is C22H22N2OS. The number of aromatic nitrogens is 1. The van der Waals surface area contributed by atoms with E-state index in [9.17, 15) is 4.79 Å². The molecule has 4 rings (SSSR count). The predicted octanol–water partition coefficient (Wildman–Crippen LogP) is 4.58. The Bertz CT molecular complexity index is 928. The Kier molecular flexibility index (Phi) is 4.85. The number of rotatable bonds is 5. The van der Waals surface area contributed by atoms with Crippen molar-refractivity contribution in [3.63, 3.8) is 0 Å². The van der Waals surface area contributed by atoms with E-state index in [-0.39, 0.29) is 5.91 Å². The summed E-state index contributed by atoms with van der Waals surface area (Å²) in [6.45, 7) is 2.66. The maximum atomic E-state index is 12.4. The lowest BCUT2D eigenvalue weighted by atomic mass is 10.1. The Morgan fingerprint density at radius 2 is 1.92 bits per heavy atom. The highest BCUT2D eigenvalue weighted by molar-refractivity contribution is 7.09. The monoisotopic (exact) mass is 362 g/mol. The van der Waals surface area contributed by atoms with Crippen LogP contribution in [0, 0.1) is 6.92 Å². The number of hydrogen-bond donors (Lipinski definition) is 1. The Labute approximate surface area is 158 Å². The second kappa shape index (κ2) is 7.42. The number of aryl methyl sites for hydroxylation is 3. The highest BCUT2D eigenvalue weighted by atomic mass is 32.1. The van der Waals surface area contributed by atoms with Gasteiger partial charge >= 0.3 is 0 Å². The van der Waals surface area contributed by atoms with Gasteiger partial charge in [-0.15, -0.1) is 11.3 Å². The summed E-state index contributed by atoms with van der Waals surface area (Å²) in [5.41, 5.74) is 6.90. The van der Waals surface area contributed by atoms with Gasteiger partial charge in [-0.05, 0) is 61.4 Å². The molecule has 4 heteroatoms. The Balaban J connectivity index is 1.32. The summed E-state index contributed by atoms with van der Waals surface area (Å²) in [5, 5.41) is 6.20. The van der Waals surface area contributed by atoms with E-state index in [1.807, 2.05) is 13.0 Å². The van der Waals surface area contributed by atoms with Crippen LogP contribution in [0.5, 0.6) is 0 Å². The molecule has 0 radical (unpaired) electrons. The Hall–Kier alpha value is -2.46. The zero-order valence-electron chi connectivity index (χ0n) is 14.9. The summed E-state index contributed by atoms with van der Waals surface area (Å²) in [6.07, 6.45) is 4.28. The van der Waals surface area contributed by atoms with Crippen LogP contribution in [0.1, 0.15) is 38.5 Å². The van der Waals surface area contributed by atoms with Crippen molar-refractivity contribution in [2.75, 3.05) is 6.54 Å². The summed E-state index contributed by atoms with van der Waals surface area (Å²) in [5.74, 6) is 0.0225. The van der Waals surface area contributed by atoms with Gasteiger partial charge in [-0.2, -0.15) is 0 Å². The van der Waals surface area contributed by atoms with Crippen LogP contribution in [0.3, 0.4) is 0 Å². The summed E-state index contributed by atoms with van der Waals surface area (Å²) in [6, 6.07) is 14.6. The first-order valence-corrected chi connectivity index (χ1v) is 9.98. The first kappa shape index (κ1) is 17.0. The Morgan fingerprint density at radius 3 is 2.69 bits per heavy atom. The third-order valence-electron chi connectivity index (χ3n) is 4.93. The highest BCUT2D eigenvalue weighted by Gasteiger charge is 2.13. The minimum Gasteiger partial charge on any atom is -0.352 e. The van der Waals surface area contributed by atoms with Crippen LogP contribution in [-0.4, -0.2) is 17.4 Å². The molecule has 0 spiro atoms. The van der Waals surface area contributed by atoms with Gasteiger partial charge in [-0.3, -0.25) is 4.79 Å². The standard InChI is InChI=1S/C22H22N2OS/c1-15-24-21(14-26-15)18-7-5-16(6-8-18)11-12-23-22(25)20-10-9-17-3-2-4-19(17)13-20/h5-10,13-14H,2-4,11-12H2,1H3,(H,23,25). The largest absolute Gasteiger partial charge is 0.352 e. The van der Waals surface area contributed by atoms with Gasteiger partial charge in [-0.25, -0.2) is 4.98 Å². The number of thiazole rings is 1. The molecule has 0 saturated carbocycles. The number of benzene rings is 2. The van der Waals surface area contributed by atoms with Crippen molar-refractivity contribution >= 4 is 17.2 Å². The van der Waals surface area contributed by atoms with Crippen molar-refractivity contribution in [3.8, 4) is 11.3 Å². The highest BCUT2D eigenvalue weighted by Crippen LogP contribution is 2.23. The van der Waals surface area contributed by atoms with E-state index < -0.39 is 0 Å². The van der Waals surface area contributed by atoms with Gasteiger partial charge in [0.2, 0.25) is 0 Å².